The van der Waals surface area contributed by atoms with Gasteiger partial charge in [-0.2, -0.15) is 0 Å². The Morgan fingerprint density at radius 2 is 2.05 bits per heavy atom. The summed E-state index contributed by atoms with van der Waals surface area (Å²) in [5, 5.41) is 11.4. The summed E-state index contributed by atoms with van der Waals surface area (Å²) in [6.07, 6.45) is 5.38. The summed E-state index contributed by atoms with van der Waals surface area (Å²) in [6.45, 7) is 0.570. The Labute approximate surface area is 125 Å². The molecule has 2 rings (SSSR count). The number of carboxylic acid groups (broad SMARTS) is 1. The van der Waals surface area contributed by atoms with E-state index in [9.17, 15) is 9.59 Å². The van der Waals surface area contributed by atoms with E-state index in [1.807, 2.05) is 6.07 Å². The first-order chi connectivity index (χ1) is 10.2. The number of rotatable bonds is 7. The zero-order chi connectivity index (χ0) is 15.1. The molecule has 1 unspecified atom stereocenters. The molecule has 0 bridgehead atoms. The van der Waals surface area contributed by atoms with E-state index in [-0.39, 0.29) is 12.3 Å². The lowest BCUT2D eigenvalue weighted by atomic mass is 9.81. The molecule has 4 nitrogen and oxygen atoms in total. The number of carboxylic acids is 1. The highest BCUT2D eigenvalue weighted by molar-refractivity contribution is 5.77. The zero-order valence-electron chi connectivity index (χ0n) is 12.3. The van der Waals surface area contributed by atoms with Crippen molar-refractivity contribution in [3.8, 4) is 0 Å². The van der Waals surface area contributed by atoms with Crippen LogP contribution in [-0.4, -0.2) is 23.5 Å². The Kier molecular flexibility index (Phi) is 5.78. The molecule has 0 saturated carbocycles. The van der Waals surface area contributed by atoms with Gasteiger partial charge in [-0.25, -0.2) is 0 Å². The lowest BCUT2D eigenvalue weighted by Gasteiger charge is -2.25. The van der Waals surface area contributed by atoms with Crippen LogP contribution in [-0.2, 0) is 16.0 Å². The van der Waals surface area contributed by atoms with E-state index in [1.54, 1.807) is 0 Å². The molecule has 1 aliphatic rings. The molecule has 21 heavy (non-hydrogen) atoms. The van der Waals surface area contributed by atoms with Gasteiger partial charge in [0.05, 0.1) is 0 Å². The first-order valence-electron chi connectivity index (χ1n) is 7.73. The van der Waals surface area contributed by atoms with Crippen molar-refractivity contribution in [2.45, 2.75) is 50.9 Å². The number of unbranched alkanes of at least 4 members (excludes halogenated alkanes) is 1. The Hall–Kier alpha value is -1.84. The second kappa shape index (κ2) is 7.81. The number of amides is 1. The predicted molar refractivity (Wildman–Crippen MR) is 81.2 cm³/mol. The summed E-state index contributed by atoms with van der Waals surface area (Å²) < 4.78 is 0. The van der Waals surface area contributed by atoms with Crippen molar-refractivity contribution >= 4 is 11.9 Å². The molecule has 0 aromatic heterocycles. The van der Waals surface area contributed by atoms with Crippen LogP contribution in [0, 0.1) is 0 Å². The predicted octanol–water partition coefficient (Wildman–Crippen LogP) is 2.87. The lowest BCUT2D eigenvalue weighted by Crippen LogP contribution is -2.27. The SMILES string of the molecule is O=C(O)CCCCNC(=O)CC1CCCc2ccccc21. The van der Waals surface area contributed by atoms with Crippen LogP contribution in [0.25, 0.3) is 0 Å². The highest BCUT2D eigenvalue weighted by Gasteiger charge is 2.21. The monoisotopic (exact) mass is 289 g/mol. The lowest BCUT2D eigenvalue weighted by molar-refractivity contribution is -0.137. The fourth-order valence-electron chi connectivity index (χ4n) is 2.99. The third-order valence-electron chi connectivity index (χ3n) is 4.07. The van der Waals surface area contributed by atoms with Crippen LogP contribution in [0.3, 0.4) is 0 Å². The van der Waals surface area contributed by atoms with Crippen LogP contribution in [0.5, 0.6) is 0 Å². The number of aliphatic carboxylic acids is 1. The molecule has 0 heterocycles. The molecule has 1 amide bonds. The molecule has 114 valence electrons. The largest absolute Gasteiger partial charge is 0.481 e. The molecule has 1 atom stereocenters. The minimum absolute atomic E-state index is 0.0760. The number of hydrogen-bond donors (Lipinski definition) is 2. The first kappa shape index (κ1) is 15.5. The van der Waals surface area contributed by atoms with Gasteiger partial charge in [-0.15, -0.1) is 0 Å². The van der Waals surface area contributed by atoms with Crippen LogP contribution in [0.4, 0.5) is 0 Å². The van der Waals surface area contributed by atoms with Gasteiger partial charge in [-0.05, 0) is 49.1 Å². The van der Waals surface area contributed by atoms with Crippen molar-refractivity contribution < 1.29 is 14.7 Å². The number of fused-ring (bicyclic) bond motifs is 1. The van der Waals surface area contributed by atoms with E-state index >= 15 is 0 Å². The van der Waals surface area contributed by atoms with Crippen molar-refractivity contribution in [1.29, 1.82) is 0 Å². The van der Waals surface area contributed by atoms with Crippen LogP contribution < -0.4 is 5.32 Å². The van der Waals surface area contributed by atoms with Gasteiger partial charge in [0.2, 0.25) is 5.91 Å². The Bertz CT molecular complexity index is 499. The van der Waals surface area contributed by atoms with Crippen LogP contribution >= 0.6 is 0 Å². The van der Waals surface area contributed by atoms with Gasteiger partial charge < -0.3 is 10.4 Å². The van der Waals surface area contributed by atoms with Crippen molar-refractivity contribution in [1.82, 2.24) is 5.32 Å². The number of benzene rings is 1. The third-order valence-corrected chi connectivity index (χ3v) is 4.07. The van der Waals surface area contributed by atoms with Gasteiger partial charge in [0.1, 0.15) is 0 Å². The average molecular weight is 289 g/mol. The molecule has 1 aromatic carbocycles. The van der Waals surface area contributed by atoms with E-state index in [0.29, 0.717) is 25.3 Å². The van der Waals surface area contributed by atoms with Crippen molar-refractivity contribution in [2.24, 2.45) is 0 Å². The summed E-state index contributed by atoms with van der Waals surface area (Å²) >= 11 is 0. The molecule has 1 aromatic rings. The van der Waals surface area contributed by atoms with E-state index in [0.717, 1.165) is 25.7 Å². The fourth-order valence-corrected chi connectivity index (χ4v) is 2.99. The Morgan fingerprint density at radius 1 is 1.24 bits per heavy atom. The maximum Gasteiger partial charge on any atom is 0.303 e. The van der Waals surface area contributed by atoms with Gasteiger partial charge in [-0.1, -0.05) is 24.3 Å². The van der Waals surface area contributed by atoms with Gasteiger partial charge >= 0.3 is 5.97 Å². The average Bonchev–Trinajstić information content (AvgIpc) is 2.47. The molecular weight excluding hydrogens is 266 g/mol. The minimum Gasteiger partial charge on any atom is -0.481 e. The molecule has 0 spiro atoms. The zero-order valence-corrected chi connectivity index (χ0v) is 12.3. The number of hydrogen-bond acceptors (Lipinski definition) is 2. The van der Waals surface area contributed by atoms with E-state index < -0.39 is 5.97 Å². The summed E-state index contributed by atoms with van der Waals surface area (Å²) in [6, 6.07) is 8.40. The summed E-state index contributed by atoms with van der Waals surface area (Å²) in [5.74, 6) is -0.374. The smallest absolute Gasteiger partial charge is 0.303 e. The number of nitrogens with one attached hydrogen (secondary N) is 1. The maximum atomic E-state index is 12.0. The Balaban J connectivity index is 1.75. The van der Waals surface area contributed by atoms with E-state index in [4.69, 9.17) is 5.11 Å². The maximum absolute atomic E-state index is 12.0. The van der Waals surface area contributed by atoms with E-state index in [2.05, 4.69) is 23.5 Å². The number of carbonyl (C=O) groups excluding carboxylic acids is 1. The van der Waals surface area contributed by atoms with Crippen LogP contribution in [0.1, 0.15) is 55.6 Å². The summed E-state index contributed by atoms with van der Waals surface area (Å²) in [7, 11) is 0. The van der Waals surface area contributed by atoms with Gasteiger partial charge in [0, 0.05) is 19.4 Å². The molecule has 0 saturated heterocycles. The molecular formula is C17H23NO3. The van der Waals surface area contributed by atoms with Gasteiger partial charge in [0.25, 0.3) is 0 Å². The standard InChI is InChI=1S/C17H23NO3/c19-16(18-11-4-3-10-17(20)21)12-14-8-5-7-13-6-1-2-9-15(13)14/h1-2,6,9,14H,3-5,7-8,10-12H2,(H,18,19)(H,20,21). The second-order valence-electron chi connectivity index (χ2n) is 5.69. The van der Waals surface area contributed by atoms with Crippen molar-refractivity contribution in [3.63, 3.8) is 0 Å². The van der Waals surface area contributed by atoms with E-state index in [1.165, 1.54) is 11.1 Å². The molecule has 0 radical (unpaired) electrons. The fraction of sp³-hybridized carbons (Fsp3) is 0.529. The number of aryl methyl sites for hydroxylation is 1. The molecule has 1 aliphatic carbocycles. The highest BCUT2D eigenvalue weighted by atomic mass is 16.4. The first-order valence-corrected chi connectivity index (χ1v) is 7.73. The molecule has 4 heteroatoms. The molecule has 2 N–H and O–H groups in total. The molecule has 0 aliphatic heterocycles. The van der Waals surface area contributed by atoms with Gasteiger partial charge in [-0.3, -0.25) is 9.59 Å². The summed E-state index contributed by atoms with van der Waals surface area (Å²) in [4.78, 5) is 22.4. The quantitative estimate of drug-likeness (QED) is 0.758. The highest BCUT2D eigenvalue weighted by Crippen LogP contribution is 2.33. The summed E-state index contributed by atoms with van der Waals surface area (Å²) in [5.41, 5.74) is 2.70. The Morgan fingerprint density at radius 3 is 2.86 bits per heavy atom. The minimum atomic E-state index is -0.778. The topological polar surface area (TPSA) is 66.4 Å². The third kappa shape index (κ3) is 4.88. The van der Waals surface area contributed by atoms with Crippen LogP contribution in [0.2, 0.25) is 0 Å². The number of carbonyl (C=O) groups is 2. The normalized spacial score (nSPS) is 17.0. The molecule has 0 fully saturated rings. The second-order valence-corrected chi connectivity index (χ2v) is 5.69. The van der Waals surface area contributed by atoms with Crippen molar-refractivity contribution in [3.05, 3.63) is 35.4 Å². The van der Waals surface area contributed by atoms with Gasteiger partial charge in [0.15, 0.2) is 0 Å². The van der Waals surface area contributed by atoms with Crippen molar-refractivity contribution in [2.75, 3.05) is 6.54 Å². The van der Waals surface area contributed by atoms with Crippen LogP contribution in [0.15, 0.2) is 24.3 Å².